The lowest BCUT2D eigenvalue weighted by molar-refractivity contribution is -0.384. The lowest BCUT2D eigenvalue weighted by Crippen LogP contribution is -2.19. The summed E-state index contributed by atoms with van der Waals surface area (Å²) in [5, 5.41) is 15.2. The van der Waals surface area contributed by atoms with Crippen LogP contribution >= 0.6 is 11.8 Å². The molecule has 0 saturated carbocycles. The monoisotopic (exact) mass is 492 g/mol. The molecular weight excluding hydrogens is 472 g/mol. The number of nitro benzene ring substituents is 1. The highest BCUT2D eigenvalue weighted by Gasteiger charge is 2.10. The number of oxazole rings is 1. The van der Waals surface area contributed by atoms with Gasteiger partial charge in [0.2, 0.25) is 0 Å². The Labute approximate surface area is 204 Å². The zero-order chi connectivity index (χ0) is 24.6. The molecule has 0 spiro atoms. The first-order chi connectivity index (χ1) is 17.0. The van der Waals surface area contributed by atoms with Crippen LogP contribution in [0.4, 0.5) is 5.69 Å². The molecular formula is C24H20N4O6S. The van der Waals surface area contributed by atoms with Crippen molar-refractivity contribution >= 4 is 40.7 Å². The lowest BCUT2D eigenvalue weighted by Gasteiger charge is -2.11. The maximum Gasteiger partial charge on any atom is 0.269 e. The number of carbonyl (C=O) groups excluding carboxylic acids is 1. The average Bonchev–Trinajstić information content (AvgIpc) is 3.30. The van der Waals surface area contributed by atoms with Crippen LogP contribution in [0.1, 0.15) is 11.1 Å². The molecule has 4 rings (SSSR count). The van der Waals surface area contributed by atoms with E-state index in [2.05, 4.69) is 15.5 Å². The van der Waals surface area contributed by atoms with Crippen LogP contribution in [0.2, 0.25) is 0 Å². The summed E-state index contributed by atoms with van der Waals surface area (Å²) >= 11 is 1.18. The van der Waals surface area contributed by atoms with E-state index >= 15 is 0 Å². The molecule has 4 aromatic rings. The van der Waals surface area contributed by atoms with E-state index in [-0.39, 0.29) is 24.0 Å². The number of nitrogens with zero attached hydrogens (tertiary/aromatic N) is 3. The average molecular weight is 493 g/mol. The van der Waals surface area contributed by atoms with E-state index in [0.717, 1.165) is 11.1 Å². The molecule has 0 aliphatic carbocycles. The van der Waals surface area contributed by atoms with Gasteiger partial charge in [-0.1, -0.05) is 23.9 Å². The number of benzene rings is 3. The standard InChI is InChI=1S/C24H20N4O6S/c1-32-22-12-17(8-11-21(22)33-14-16-6-9-18(10-7-16)28(30)31)13-25-27-23(29)15-35-24-26-19-4-2-3-5-20(19)34-24/h2-13H,14-15H2,1H3,(H,27,29)/b25-13-. The van der Waals surface area contributed by atoms with E-state index in [0.29, 0.717) is 27.9 Å². The van der Waals surface area contributed by atoms with E-state index in [1.54, 1.807) is 30.3 Å². The van der Waals surface area contributed by atoms with E-state index < -0.39 is 4.92 Å². The number of hydrazone groups is 1. The van der Waals surface area contributed by atoms with Crippen molar-refractivity contribution in [2.24, 2.45) is 5.10 Å². The number of rotatable bonds is 10. The lowest BCUT2D eigenvalue weighted by atomic mass is 10.2. The molecule has 0 bridgehead atoms. The summed E-state index contributed by atoms with van der Waals surface area (Å²) in [7, 11) is 1.51. The van der Waals surface area contributed by atoms with Gasteiger partial charge in [-0.25, -0.2) is 10.4 Å². The maximum atomic E-state index is 12.1. The molecule has 35 heavy (non-hydrogen) atoms. The molecule has 0 unspecified atom stereocenters. The van der Waals surface area contributed by atoms with Crippen molar-refractivity contribution in [1.82, 2.24) is 10.4 Å². The predicted molar refractivity (Wildman–Crippen MR) is 131 cm³/mol. The van der Waals surface area contributed by atoms with Crippen molar-refractivity contribution in [2.75, 3.05) is 12.9 Å². The van der Waals surface area contributed by atoms with Gasteiger partial charge in [0.25, 0.3) is 16.8 Å². The Balaban J connectivity index is 1.28. The highest BCUT2D eigenvalue weighted by Crippen LogP contribution is 2.28. The smallest absolute Gasteiger partial charge is 0.269 e. The van der Waals surface area contributed by atoms with Crippen LogP contribution in [0.3, 0.4) is 0 Å². The van der Waals surface area contributed by atoms with Crippen molar-refractivity contribution < 1.29 is 23.6 Å². The highest BCUT2D eigenvalue weighted by molar-refractivity contribution is 7.99. The Kier molecular flexibility index (Phi) is 7.58. The number of nitro groups is 1. The van der Waals surface area contributed by atoms with Crippen LogP contribution in [0.25, 0.3) is 11.1 Å². The maximum absolute atomic E-state index is 12.1. The number of thioether (sulfide) groups is 1. The van der Waals surface area contributed by atoms with Crippen LogP contribution < -0.4 is 14.9 Å². The number of methoxy groups -OCH3 is 1. The fourth-order valence-corrected chi connectivity index (χ4v) is 3.64. The number of aromatic nitrogens is 1. The van der Waals surface area contributed by atoms with Crippen LogP contribution in [0.5, 0.6) is 11.5 Å². The Bertz CT molecular complexity index is 1340. The normalized spacial score (nSPS) is 11.0. The first-order valence-electron chi connectivity index (χ1n) is 10.4. The van der Waals surface area contributed by atoms with Crippen LogP contribution in [-0.4, -0.2) is 34.9 Å². The van der Waals surface area contributed by atoms with Crippen molar-refractivity contribution in [2.45, 2.75) is 11.8 Å². The minimum atomic E-state index is -0.451. The number of carbonyl (C=O) groups is 1. The van der Waals surface area contributed by atoms with Gasteiger partial charge in [-0.05, 0) is 53.6 Å². The third kappa shape index (κ3) is 6.36. The van der Waals surface area contributed by atoms with E-state index in [4.69, 9.17) is 13.9 Å². The molecule has 1 amide bonds. The fraction of sp³-hybridized carbons (Fsp3) is 0.125. The number of ether oxygens (including phenoxy) is 2. The SMILES string of the molecule is COc1cc(/C=N\NC(=O)CSc2nc3ccccc3o2)ccc1OCc1ccc([N+](=O)[O-])cc1. The molecule has 0 aliphatic heterocycles. The zero-order valence-electron chi connectivity index (χ0n) is 18.5. The zero-order valence-corrected chi connectivity index (χ0v) is 19.4. The minimum Gasteiger partial charge on any atom is -0.493 e. The van der Waals surface area contributed by atoms with Crippen molar-refractivity contribution in [3.8, 4) is 11.5 Å². The highest BCUT2D eigenvalue weighted by atomic mass is 32.2. The molecule has 0 aliphatic rings. The molecule has 1 aromatic heterocycles. The topological polar surface area (TPSA) is 129 Å². The van der Waals surface area contributed by atoms with Gasteiger partial charge < -0.3 is 13.9 Å². The molecule has 10 nitrogen and oxygen atoms in total. The number of para-hydroxylation sites is 2. The van der Waals surface area contributed by atoms with Gasteiger partial charge in [0.05, 0.1) is 24.0 Å². The number of hydrogen-bond donors (Lipinski definition) is 1. The van der Waals surface area contributed by atoms with Gasteiger partial charge in [-0.2, -0.15) is 5.10 Å². The van der Waals surface area contributed by atoms with Gasteiger partial charge in [0.1, 0.15) is 12.1 Å². The Morgan fingerprint density at radius 1 is 1.17 bits per heavy atom. The van der Waals surface area contributed by atoms with Crippen LogP contribution in [-0.2, 0) is 11.4 Å². The van der Waals surface area contributed by atoms with Gasteiger partial charge in [-0.3, -0.25) is 14.9 Å². The summed E-state index contributed by atoms with van der Waals surface area (Å²) in [5.74, 6) is 0.780. The Hall–Kier alpha value is -4.38. The van der Waals surface area contributed by atoms with Crippen LogP contribution in [0, 0.1) is 10.1 Å². The van der Waals surface area contributed by atoms with Crippen molar-refractivity contribution in [1.29, 1.82) is 0 Å². The number of hydrogen-bond acceptors (Lipinski definition) is 9. The summed E-state index contributed by atoms with van der Waals surface area (Å²) < 4.78 is 16.7. The molecule has 1 heterocycles. The number of non-ortho nitro benzene ring substituents is 1. The van der Waals surface area contributed by atoms with Gasteiger partial charge in [-0.15, -0.1) is 0 Å². The number of amides is 1. The van der Waals surface area contributed by atoms with Crippen LogP contribution in [0.15, 0.2) is 81.5 Å². The fourth-order valence-electron chi connectivity index (χ4n) is 3.01. The molecule has 11 heteroatoms. The molecule has 0 fully saturated rings. The predicted octanol–water partition coefficient (Wildman–Crippen LogP) is 4.57. The van der Waals surface area contributed by atoms with E-state index in [9.17, 15) is 14.9 Å². The van der Waals surface area contributed by atoms with Gasteiger partial charge >= 0.3 is 0 Å². The molecule has 0 saturated heterocycles. The first kappa shape index (κ1) is 23.8. The summed E-state index contributed by atoms with van der Waals surface area (Å²) in [6, 6.07) is 18.7. The largest absolute Gasteiger partial charge is 0.493 e. The molecule has 0 atom stereocenters. The summed E-state index contributed by atoms with van der Waals surface area (Å²) in [6.45, 7) is 0.218. The van der Waals surface area contributed by atoms with Gasteiger partial charge in [0.15, 0.2) is 17.1 Å². The second kappa shape index (κ2) is 11.2. The van der Waals surface area contributed by atoms with Crippen molar-refractivity contribution in [3.63, 3.8) is 0 Å². The molecule has 3 aromatic carbocycles. The Morgan fingerprint density at radius 3 is 2.71 bits per heavy atom. The molecule has 1 N–H and O–H groups in total. The third-order valence-electron chi connectivity index (χ3n) is 4.73. The molecule has 178 valence electrons. The number of fused-ring (bicyclic) bond motifs is 1. The van der Waals surface area contributed by atoms with Crippen molar-refractivity contribution in [3.05, 3.63) is 88.0 Å². The second-order valence-electron chi connectivity index (χ2n) is 7.15. The summed E-state index contributed by atoms with van der Waals surface area (Å²) in [6.07, 6.45) is 1.49. The van der Waals surface area contributed by atoms with E-state index in [1.807, 2.05) is 24.3 Å². The minimum absolute atomic E-state index is 0.0202. The van der Waals surface area contributed by atoms with E-state index in [1.165, 1.54) is 37.2 Å². The number of nitrogens with one attached hydrogen (secondary N) is 1. The third-order valence-corrected chi connectivity index (χ3v) is 5.56. The summed E-state index contributed by atoms with van der Waals surface area (Å²) in [5.41, 5.74) is 5.36. The summed E-state index contributed by atoms with van der Waals surface area (Å²) in [4.78, 5) is 26.7. The molecule has 0 radical (unpaired) electrons. The quantitative estimate of drug-likeness (QED) is 0.148. The second-order valence-corrected chi connectivity index (χ2v) is 8.08. The first-order valence-corrected chi connectivity index (χ1v) is 11.3. The Morgan fingerprint density at radius 2 is 1.97 bits per heavy atom. The van der Waals surface area contributed by atoms with Gasteiger partial charge in [0, 0.05) is 12.1 Å².